The van der Waals surface area contributed by atoms with Gasteiger partial charge in [-0.2, -0.15) is 0 Å². The third kappa shape index (κ3) is 4.86. The SMILES string of the molecule is [B][C@@H](CCC)OC(C)CC. The van der Waals surface area contributed by atoms with Crippen LogP contribution in [0.15, 0.2) is 0 Å². The topological polar surface area (TPSA) is 9.23 Å². The van der Waals surface area contributed by atoms with Gasteiger partial charge in [-0.3, -0.25) is 0 Å². The molecule has 0 aromatic heterocycles. The Kier molecular flexibility index (Phi) is 5.80. The standard InChI is InChI=1S/C8H17BO/c1-4-6-8(9)10-7(3)5-2/h7-8H,4-6H2,1-3H3/t7?,8-/m1/s1. The molecule has 0 aliphatic rings. The Labute approximate surface area is 65.6 Å². The van der Waals surface area contributed by atoms with Crippen LogP contribution in [0.1, 0.15) is 40.0 Å². The lowest BCUT2D eigenvalue weighted by Gasteiger charge is -2.17. The quantitative estimate of drug-likeness (QED) is 0.531. The monoisotopic (exact) mass is 140 g/mol. The smallest absolute Gasteiger partial charge is 0.108 e. The third-order valence-corrected chi connectivity index (χ3v) is 1.56. The molecule has 0 bridgehead atoms. The summed E-state index contributed by atoms with van der Waals surface area (Å²) in [5.41, 5.74) is 0. The van der Waals surface area contributed by atoms with Crippen LogP contribution in [-0.2, 0) is 4.74 Å². The van der Waals surface area contributed by atoms with E-state index in [0.717, 1.165) is 19.3 Å². The summed E-state index contributed by atoms with van der Waals surface area (Å²) < 4.78 is 5.42. The molecule has 10 heavy (non-hydrogen) atoms. The van der Waals surface area contributed by atoms with Crippen LogP contribution in [0.3, 0.4) is 0 Å². The van der Waals surface area contributed by atoms with Crippen LogP contribution in [0.25, 0.3) is 0 Å². The minimum atomic E-state index is -0.0556. The Hall–Kier alpha value is 0.0249. The van der Waals surface area contributed by atoms with E-state index in [2.05, 4.69) is 20.8 Å². The van der Waals surface area contributed by atoms with Crippen molar-refractivity contribution in [2.75, 3.05) is 0 Å². The van der Waals surface area contributed by atoms with Crippen molar-refractivity contribution in [3.05, 3.63) is 0 Å². The lowest BCUT2D eigenvalue weighted by atomic mass is 9.95. The first kappa shape index (κ1) is 10.0. The highest BCUT2D eigenvalue weighted by Crippen LogP contribution is 2.03. The summed E-state index contributed by atoms with van der Waals surface area (Å²) in [6.45, 7) is 6.26. The van der Waals surface area contributed by atoms with Crippen LogP contribution >= 0.6 is 0 Å². The lowest BCUT2D eigenvalue weighted by molar-refractivity contribution is 0.0362. The summed E-state index contributed by atoms with van der Waals surface area (Å²) in [4.78, 5) is 0. The zero-order valence-electron chi connectivity index (χ0n) is 7.26. The summed E-state index contributed by atoms with van der Waals surface area (Å²) in [7, 11) is 5.64. The molecule has 0 saturated carbocycles. The minimum Gasteiger partial charge on any atom is -0.385 e. The Morgan fingerprint density at radius 2 is 2.00 bits per heavy atom. The molecule has 0 amide bonds. The first-order chi connectivity index (χ1) is 4.70. The summed E-state index contributed by atoms with van der Waals surface area (Å²) in [6.07, 6.45) is 3.40. The van der Waals surface area contributed by atoms with E-state index < -0.39 is 0 Å². The van der Waals surface area contributed by atoms with Crippen molar-refractivity contribution in [3.63, 3.8) is 0 Å². The molecule has 2 radical (unpaired) electrons. The molecular formula is C8H17BO. The molecular weight excluding hydrogens is 123 g/mol. The first-order valence-corrected chi connectivity index (χ1v) is 4.11. The predicted molar refractivity (Wildman–Crippen MR) is 45.3 cm³/mol. The Morgan fingerprint density at radius 1 is 1.40 bits per heavy atom. The van der Waals surface area contributed by atoms with Crippen molar-refractivity contribution in [1.82, 2.24) is 0 Å². The van der Waals surface area contributed by atoms with Crippen molar-refractivity contribution >= 4 is 7.85 Å². The van der Waals surface area contributed by atoms with Gasteiger partial charge in [-0.05, 0) is 19.8 Å². The number of ether oxygens (including phenoxy) is 1. The van der Waals surface area contributed by atoms with E-state index in [-0.39, 0.29) is 6.00 Å². The average molecular weight is 140 g/mol. The van der Waals surface area contributed by atoms with Crippen LogP contribution in [-0.4, -0.2) is 20.0 Å². The maximum absolute atomic E-state index is 5.64. The molecule has 0 aromatic carbocycles. The van der Waals surface area contributed by atoms with Crippen molar-refractivity contribution in [1.29, 1.82) is 0 Å². The van der Waals surface area contributed by atoms with Gasteiger partial charge in [0, 0.05) is 6.00 Å². The summed E-state index contributed by atoms with van der Waals surface area (Å²) in [6, 6.07) is -0.0556. The molecule has 0 N–H and O–H groups in total. The van der Waals surface area contributed by atoms with Crippen molar-refractivity contribution in [2.24, 2.45) is 0 Å². The molecule has 58 valence electrons. The fourth-order valence-corrected chi connectivity index (χ4v) is 0.747. The van der Waals surface area contributed by atoms with E-state index in [1.54, 1.807) is 0 Å². The molecule has 0 fully saturated rings. The van der Waals surface area contributed by atoms with Crippen molar-refractivity contribution in [2.45, 2.75) is 52.1 Å². The van der Waals surface area contributed by atoms with E-state index in [1.807, 2.05) is 0 Å². The number of hydrogen-bond donors (Lipinski definition) is 0. The Morgan fingerprint density at radius 3 is 2.40 bits per heavy atom. The predicted octanol–water partition coefficient (Wildman–Crippen LogP) is 2.10. The van der Waals surface area contributed by atoms with Gasteiger partial charge in [-0.15, -0.1) is 0 Å². The van der Waals surface area contributed by atoms with Crippen LogP contribution in [0.2, 0.25) is 0 Å². The summed E-state index contributed by atoms with van der Waals surface area (Å²) in [5.74, 6) is 0. The molecule has 2 atom stereocenters. The van der Waals surface area contributed by atoms with Crippen LogP contribution in [0.4, 0.5) is 0 Å². The van der Waals surface area contributed by atoms with Gasteiger partial charge < -0.3 is 4.74 Å². The highest BCUT2D eigenvalue weighted by Gasteiger charge is 2.03. The largest absolute Gasteiger partial charge is 0.385 e. The van der Waals surface area contributed by atoms with Crippen LogP contribution in [0.5, 0.6) is 0 Å². The fourth-order valence-electron chi connectivity index (χ4n) is 0.747. The summed E-state index contributed by atoms with van der Waals surface area (Å²) in [5, 5.41) is 0. The molecule has 0 aliphatic carbocycles. The van der Waals surface area contributed by atoms with Crippen molar-refractivity contribution < 1.29 is 4.74 Å². The maximum Gasteiger partial charge on any atom is 0.108 e. The second kappa shape index (κ2) is 5.78. The van der Waals surface area contributed by atoms with Gasteiger partial charge in [0.05, 0.1) is 6.10 Å². The molecule has 1 nitrogen and oxygen atoms in total. The zero-order chi connectivity index (χ0) is 7.98. The van der Waals surface area contributed by atoms with Gasteiger partial charge in [0.25, 0.3) is 0 Å². The Bertz CT molecular complexity index is 75.7. The van der Waals surface area contributed by atoms with Crippen LogP contribution < -0.4 is 0 Å². The van der Waals surface area contributed by atoms with Gasteiger partial charge in [-0.25, -0.2) is 0 Å². The van der Waals surface area contributed by atoms with Gasteiger partial charge in [-0.1, -0.05) is 20.3 Å². The normalized spacial score (nSPS) is 16.7. The number of hydrogen-bond acceptors (Lipinski definition) is 1. The second-order valence-corrected chi connectivity index (χ2v) is 2.68. The van der Waals surface area contributed by atoms with Crippen molar-refractivity contribution in [3.8, 4) is 0 Å². The molecule has 0 saturated heterocycles. The zero-order valence-corrected chi connectivity index (χ0v) is 7.26. The molecule has 0 spiro atoms. The van der Waals surface area contributed by atoms with E-state index in [1.165, 1.54) is 0 Å². The molecule has 0 aromatic rings. The van der Waals surface area contributed by atoms with E-state index in [0.29, 0.717) is 6.10 Å². The molecule has 1 unspecified atom stereocenters. The highest BCUT2D eigenvalue weighted by atomic mass is 16.5. The fraction of sp³-hybridized carbons (Fsp3) is 1.00. The van der Waals surface area contributed by atoms with E-state index in [4.69, 9.17) is 12.6 Å². The minimum absolute atomic E-state index is 0.0556. The third-order valence-electron chi connectivity index (χ3n) is 1.56. The van der Waals surface area contributed by atoms with Gasteiger partial charge in [0.15, 0.2) is 0 Å². The number of rotatable bonds is 5. The molecule has 2 heteroatoms. The van der Waals surface area contributed by atoms with Crippen LogP contribution in [0, 0.1) is 0 Å². The summed E-state index contributed by atoms with van der Waals surface area (Å²) >= 11 is 0. The van der Waals surface area contributed by atoms with Gasteiger partial charge in [0.1, 0.15) is 7.85 Å². The second-order valence-electron chi connectivity index (χ2n) is 2.68. The highest BCUT2D eigenvalue weighted by molar-refractivity contribution is 6.10. The van der Waals surface area contributed by atoms with Gasteiger partial charge >= 0.3 is 0 Å². The molecule has 0 heterocycles. The average Bonchev–Trinajstić information content (AvgIpc) is 1.88. The Balaban J connectivity index is 3.27. The van der Waals surface area contributed by atoms with E-state index in [9.17, 15) is 0 Å². The lowest BCUT2D eigenvalue weighted by Crippen LogP contribution is -2.19. The maximum atomic E-state index is 5.64. The van der Waals surface area contributed by atoms with Gasteiger partial charge in [0.2, 0.25) is 0 Å². The first-order valence-electron chi connectivity index (χ1n) is 4.11. The molecule has 0 rings (SSSR count). The molecule has 0 aliphatic heterocycles. The van der Waals surface area contributed by atoms with E-state index >= 15 is 0 Å².